The van der Waals surface area contributed by atoms with Crippen molar-refractivity contribution in [3.05, 3.63) is 59.7 Å². The predicted octanol–water partition coefficient (Wildman–Crippen LogP) is 3.04. The summed E-state index contributed by atoms with van der Waals surface area (Å²) in [5, 5.41) is 11.7. The third-order valence-electron chi connectivity index (χ3n) is 3.22. The van der Waals surface area contributed by atoms with Gasteiger partial charge in [-0.2, -0.15) is 0 Å². The third kappa shape index (κ3) is 2.46. The topological polar surface area (TPSA) is 75.1 Å². The van der Waals surface area contributed by atoms with Gasteiger partial charge in [0, 0.05) is 6.20 Å². The minimum Gasteiger partial charge on any atom is -0.505 e. The number of halogens is 1. The Morgan fingerprint density at radius 3 is 2.86 bits per heavy atom. The number of benzene rings is 1. The Hall–Kier alpha value is -3.02. The van der Waals surface area contributed by atoms with Crippen molar-refractivity contribution in [2.45, 2.75) is 6.92 Å². The van der Waals surface area contributed by atoms with Gasteiger partial charge in [0.1, 0.15) is 5.69 Å². The molecule has 0 unspecified atom stereocenters. The number of hydrogen-bond donors (Lipinski definition) is 2. The number of hydrogen-bond acceptors (Lipinski definition) is 4. The summed E-state index contributed by atoms with van der Waals surface area (Å²) < 4.78 is 13.7. The van der Waals surface area contributed by atoms with Crippen LogP contribution in [0.25, 0.3) is 11.0 Å². The highest BCUT2D eigenvalue weighted by molar-refractivity contribution is 6.05. The molecule has 3 rings (SSSR count). The van der Waals surface area contributed by atoms with Crippen LogP contribution in [-0.4, -0.2) is 21.0 Å². The Morgan fingerprint density at radius 2 is 2.05 bits per heavy atom. The van der Waals surface area contributed by atoms with Crippen LogP contribution >= 0.6 is 0 Å². The lowest BCUT2D eigenvalue weighted by molar-refractivity contribution is 0.102. The lowest BCUT2D eigenvalue weighted by Crippen LogP contribution is -2.16. The maximum absolute atomic E-state index is 13.7. The molecule has 2 heterocycles. The second kappa shape index (κ2) is 5.40. The van der Waals surface area contributed by atoms with Gasteiger partial charge in [-0.05, 0) is 42.8 Å². The molecule has 2 aromatic heterocycles. The molecule has 2 N–H and O–H groups in total. The first kappa shape index (κ1) is 13.9. The molecule has 0 bridgehead atoms. The van der Waals surface area contributed by atoms with Gasteiger partial charge in [0.05, 0.1) is 16.7 Å². The number of fused-ring (bicyclic) bond motifs is 1. The Labute approximate surface area is 125 Å². The number of aromatic nitrogens is 2. The number of nitrogens with zero attached hydrogens (tertiary/aromatic N) is 2. The summed E-state index contributed by atoms with van der Waals surface area (Å²) in [4.78, 5) is 20.7. The van der Waals surface area contributed by atoms with Gasteiger partial charge in [-0.1, -0.05) is 6.07 Å². The van der Waals surface area contributed by atoms with Gasteiger partial charge < -0.3 is 10.4 Å². The molecule has 0 saturated carbocycles. The summed E-state index contributed by atoms with van der Waals surface area (Å²) in [6.07, 6.45) is 1.64. The van der Waals surface area contributed by atoms with Crippen LogP contribution in [0.2, 0.25) is 0 Å². The Balaban J connectivity index is 1.98. The number of phenols is 1. The van der Waals surface area contributed by atoms with Gasteiger partial charge in [0.15, 0.2) is 11.6 Å². The van der Waals surface area contributed by atoms with Crippen molar-refractivity contribution in [1.29, 1.82) is 0 Å². The Bertz CT molecular complexity index is 880. The highest BCUT2D eigenvalue weighted by Gasteiger charge is 2.15. The van der Waals surface area contributed by atoms with Crippen molar-refractivity contribution in [2.75, 3.05) is 5.32 Å². The van der Waals surface area contributed by atoms with E-state index >= 15 is 0 Å². The van der Waals surface area contributed by atoms with E-state index < -0.39 is 17.5 Å². The quantitative estimate of drug-likeness (QED) is 0.762. The molecule has 110 valence electrons. The van der Waals surface area contributed by atoms with Crippen LogP contribution in [0, 0.1) is 12.7 Å². The molecule has 5 nitrogen and oxygen atoms in total. The lowest BCUT2D eigenvalue weighted by Gasteiger charge is -2.09. The molecular formula is C16H12FN3O2. The normalized spacial score (nSPS) is 10.6. The van der Waals surface area contributed by atoms with Crippen LogP contribution in [-0.2, 0) is 0 Å². The molecule has 0 fully saturated rings. The van der Waals surface area contributed by atoms with E-state index in [9.17, 15) is 14.3 Å². The minimum atomic E-state index is -0.879. The fourth-order valence-corrected chi connectivity index (χ4v) is 2.12. The number of carbonyl (C=O) groups is 1. The molecule has 0 aliphatic rings. The Morgan fingerprint density at radius 1 is 1.23 bits per heavy atom. The first-order valence-corrected chi connectivity index (χ1v) is 6.57. The molecule has 1 aromatic carbocycles. The number of aromatic hydroxyl groups is 1. The molecule has 0 spiro atoms. The molecule has 0 aliphatic heterocycles. The lowest BCUT2D eigenvalue weighted by atomic mass is 10.1. The van der Waals surface area contributed by atoms with Gasteiger partial charge >= 0.3 is 0 Å². The van der Waals surface area contributed by atoms with Crippen LogP contribution in [0.1, 0.15) is 16.1 Å². The molecule has 0 aliphatic carbocycles. The average Bonchev–Trinajstić information content (AvgIpc) is 2.51. The molecular weight excluding hydrogens is 285 g/mol. The zero-order chi connectivity index (χ0) is 15.7. The number of phenolic OH excluding ortho intramolecular Hbond substituents is 1. The van der Waals surface area contributed by atoms with Gasteiger partial charge in [0.2, 0.25) is 0 Å². The Kier molecular flexibility index (Phi) is 3.42. The number of amides is 1. The smallest absolute Gasteiger partial charge is 0.274 e. The van der Waals surface area contributed by atoms with Crippen LogP contribution in [0.5, 0.6) is 5.75 Å². The summed E-state index contributed by atoms with van der Waals surface area (Å²) >= 11 is 0. The largest absolute Gasteiger partial charge is 0.505 e. The molecule has 3 aromatic rings. The van der Waals surface area contributed by atoms with Crippen molar-refractivity contribution < 1.29 is 14.3 Å². The van der Waals surface area contributed by atoms with Crippen molar-refractivity contribution in [1.82, 2.24) is 9.97 Å². The standard InChI is InChI=1S/C16H12FN3O2/c1-9-8-12-10(5-3-7-18-12)19-15(9)16(22)20-11-4-2-6-13(21)14(11)17/h2-8,21H,1H3,(H,20,22). The van der Waals surface area contributed by atoms with E-state index in [1.54, 1.807) is 31.3 Å². The van der Waals surface area contributed by atoms with Crippen molar-refractivity contribution in [3.8, 4) is 5.75 Å². The monoisotopic (exact) mass is 297 g/mol. The fraction of sp³-hybridized carbons (Fsp3) is 0.0625. The van der Waals surface area contributed by atoms with Gasteiger partial charge in [0.25, 0.3) is 5.91 Å². The van der Waals surface area contributed by atoms with E-state index in [-0.39, 0.29) is 11.4 Å². The van der Waals surface area contributed by atoms with Crippen molar-refractivity contribution in [3.63, 3.8) is 0 Å². The number of anilines is 1. The van der Waals surface area contributed by atoms with E-state index in [4.69, 9.17) is 0 Å². The van der Waals surface area contributed by atoms with E-state index in [1.807, 2.05) is 0 Å². The number of carbonyl (C=O) groups excluding carboxylic acids is 1. The molecule has 22 heavy (non-hydrogen) atoms. The second-order valence-corrected chi connectivity index (χ2v) is 4.79. The first-order chi connectivity index (χ1) is 10.6. The number of aryl methyl sites for hydroxylation is 1. The summed E-state index contributed by atoms with van der Waals surface area (Å²) in [5.41, 5.74) is 1.97. The van der Waals surface area contributed by atoms with Crippen LogP contribution in [0.4, 0.5) is 10.1 Å². The molecule has 0 atom stereocenters. The van der Waals surface area contributed by atoms with E-state index in [2.05, 4.69) is 15.3 Å². The van der Waals surface area contributed by atoms with Crippen molar-refractivity contribution in [2.24, 2.45) is 0 Å². The third-order valence-corrected chi connectivity index (χ3v) is 3.22. The minimum absolute atomic E-state index is 0.0996. The fourth-order valence-electron chi connectivity index (χ4n) is 2.12. The molecule has 0 saturated heterocycles. The predicted molar refractivity (Wildman–Crippen MR) is 80.3 cm³/mol. The average molecular weight is 297 g/mol. The van der Waals surface area contributed by atoms with E-state index in [0.717, 1.165) is 0 Å². The van der Waals surface area contributed by atoms with Crippen LogP contribution < -0.4 is 5.32 Å². The second-order valence-electron chi connectivity index (χ2n) is 4.79. The summed E-state index contributed by atoms with van der Waals surface area (Å²) in [7, 11) is 0. The highest BCUT2D eigenvalue weighted by Crippen LogP contribution is 2.23. The zero-order valence-electron chi connectivity index (χ0n) is 11.7. The molecule has 0 radical (unpaired) electrons. The maximum Gasteiger partial charge on any atom is 0.274 e. The van der Waals surface area contributed by atoms with Gasteiger partial charge in [-0.3, -0.25) is 9.78 Å². The van der Waals surface area contributed by atoms with Crippen LogP contribution in [0.3, 0.4) is 0 Å². The summed E-state index contributed by atoms with van der Waals surface area (Å²) in [6, 6.07) is 9.23. The highest BCUT2D eigenvalue weighted by atomic mass is 19.1. The van der Waals surface area contributed by atoms with Crippen LogP contribution in [0.15, 0.2) is 42.6 Å². The van der Waals surface area contributed by atoms with Gasteiger partial charge in [-0.25, -0.2) is 9.37 Å². The number of nitrogens with one attached hydrogen (secondary N) is 1. The number of rotatable bonds is 2. The molecule has 1 amide bonds. The van der Waals surface area contributed by atoms with Gasteiger partial charge in [-0.15, -0.1) is 0 Å². The molecule has 6 heteroatoms. The van der Waals surface area contributed by atoms with E-state index in [1.165, 1.54) is 18.2 Å². The zero-order valence-corrected chi connectivity index (χ0v) is 11.7. The maximum atomic E-state index is 13.7. The first-order valence-electron chi connectivity index (χ1n) is 6.57. The number of pyridine rings is 2. The summed E-state index contributed by atoms with van der Waals surface area (Å²) in [6.45, 7) is 1.73. The van der Waals surface area contributed by atoms with E-state index in [0.29, 0.717) is 16.6 Å². The SMILES string of the molecule is Cc1cc2ncccc2nc1C(=O)Nc1cccc(O)c1F. The summed E-state index contributed by atoms with van der Waals surface area (Å²) in [5.74, 6) is -1.95. The van der Waals surface area contributed by atoms with Crippen molar-refractivity contribution >= 4 is 22.6 Å².